The molecule has 2 N–H and O–H groups in total. The molecule has 0 unspecified atom stereocenters. The first-order valence-corrected chi connectivity index (χ1v) is 7.78. The lowest BCUT2D eigenvalue weighted by Gasteiger charge is -2.03. The van der Waals surface area contributed by atoms with Crippen molar-refractivity contribution in [3.63, 3.8) is 0 Å². The third-order valence-electron chi connectivity index (χ3n) is 3.13. The minimum atomic E-state index is -0.256. The number of benzene rings is 1. The van der Waals surface area contributed by atoms with Gasteiger partial charge in [-0.05, 0) is 42.8 Å². The van der Waals surface area contributed by atoms with Crippen molar-refractivity contribution in [1.29, 1.82) is 0 Å². The normalized spacial score (nSPS) is 10.1. The topological polar surface area (TPSA) is 41.1 Å². The molecule has 0 aliphatic heterocycles. The zero-order valence-corrected chi connectivity index (χ0v) is 14.2. The van der Waals surface area contributed by atoms with E-state index in [-0.39, 0.29) is 24.1 Å². The predicted octanol–water partition coefficient (Wildman–Crippen LogP) is 3.62. The summed E-state index contributed by atoms with van der Waals surface area (Å²) in [5, 5.41) is 6.04. The third kappa shape index (κ3) is 4.80. The minimum Gasteiger partial charge on any atom is -0.350 e. The first-order chi connectivity index (χ1) is 10.1. The van der Waals surface area contributed by atoms with Crippen LogP contribution < -0.4 is 10.6 Å². The number of hydrogen-bond donors (Lipinski definition) is 2. The molecule has 1 amide bonds. The average Bonchev–Trinajstić information content (AvgIpc) is 2.86. The van der Waals surface area contributed by atoms with Gasteiger partial charge in [0.15, 0.2) is 0 Å². The quantitative estimate of drug-likeness (QED) is 0.787. The SMILES string of the molecule is CCNCCNC(=O)c1cc(-c2ccc(F)cc2)c(C)s1.Cl. The number of hydrogen-bond acceptors (Lipinski definition) is 3. The number of carbonyl (C=O) groups excluding carboxylic acids is 1. The number of amides is 1. The lowest BCUT2D eigenvalue weighted by Crippen LogP contribution is -2.31. The van der Waals surface area contributed by atoms with E-state index in [1.54, 1.807) is 12.1 Å². The van der Waals surface area contributed by atoms with Crippen molar-refractivity contribution < 1.29 is 9.18 Å². The van der Waals surface area contributed by atoms with Crippen molar-refractivity contribution in [1.82, 2.24) is 10.6 Å². The Morgan fingerprint density at radius 1 is 1.23 bits per heavy atom. The van der Waals surface area contributed by atoms with Crippen LogP contribution in [0.1, 0.15) is 21.5 Å². The number of carbonyl (C=O) groups is 1. The third-order valence-corrected chi connectivity index (χ3v) is 4.18. The molecule has 0 saturated carbocycles. The number of thiophene rings is 1. The van der Waals surface area contributed by atoms with E-state index in [1.807, 2.05) is 19.9 Å². The second-order valence-electron chi connectivity index (χ2n) is 4.70. The van der Waals surface area contributed by atoms with Crippen LogP contribution in [0.15, 0.2) is 30.3 Å². The van der Waals surface area contributed by atoms with E-state index in [1.165, 1.54) is 23.5 Å². The molecule has 0 radical (unpaired) electrons. The Labute approximate surface area is 140 Å². The van der Waals surface area contributed by atoms with Gasteiger partial charge in [-0.2, -0.15) is 0 Å². The number of likely N-dealkylation sites (N-methyl/N-ethyl adjacent to an activating group) is 1. The second-order valence-corrected chi connectivity index (χ2v) is 5.95. The van der Waals surface area contributed by atoms with Crippen LogP contribution in [-0.2, 0) is 0 Å². The van der Waals surface area contributed by atoms with Gasteiger partial charge in [0.2, 0.25) is 0 Å². The van der Waals surface area contributed by atoms with Crippen LogP contribution in [0, 0.1) is 12.7 Å². The maximum atomic E-state index is 13.0. The highest BCUT2D eigenvalue weighted by molar-refractivity contribution is 7.14. The van der Waals surface area contributed by atoms with Crippen molar-refractivity contribution in [2.75, 3.05) is 19.6 Å². The van der Waals surface area contributed by atoms with Crippen molar-refractivity contribution in [2.24, 2.45) is 0 Å². The molecule has 0 aliphatic carbocycles. The van der Waals surface area contributed by atoms with E-state index in [9.17, 15) is 9.18 Å². The summed E-state index contributed by atoms with van der Waals surface area (Å²) in [5.41, 5.74) is 1.91. The molecular weight excluding hydrogens is 323 g/mol. The highest BCUT2D eigenvalue weighted by Gasteiger charge is 2.13. The van der Waals surface area contributed by atoms with Crippen LogP contribution in [-0.4, -0.2) is 25.5 Å². The molecular formula is C16H20ClFN2OS. The summed E-state index contributed by atoms with van der Waals surface area (Å²) in [6.45, 7) is 6.26. The second kappa shape index (κ2) is 8.88. The van der Waals surface area contributed by atoms with Crippen molar-refractivity contribution in [3.8, 4) is 11.1 Å². The monoisotopic (exact) mass is 342 g/mol. The number of aryl methyl sites for hydroxylation is 1. The lowest BCUT2D eigenvalue weighted by atomic mass is 10.1. The van der Waals surface area contributed by atoms with Gasteiger partial charge in [0.1, 0.15) is 5.82 Å². The maximum absolute atomic E-state index is 13.0. The predicted molar refractivity (Wildman–Crippen MR) is 92.6 cm³/mol. The number of halogens is 2. The Morgan fingerprint density at radius 2 is 1.91 bits per heavy atom. The Bertz CT molecular complexity index is 613. The molecule has 2 aromatic rings. The Balaban J connectivity index is 0.00000242. The lowest BCUT2D eigenvalue weighted by molar-refractivity contribution is 0.0958. The molecule has 0 saturated heterocycles. The van der Waals surface area contributed by atoms with Crippen LogP contribution in [0.4, 0.5) is 4.39 Å². The fraction of sp³-hybridized carbons (Fsp3) is 0.312. The summed E-state index contributed by atoms with van der Waals surface area (Å²) in [6.07, 6.45) is 0. The molecule has 2 rings (SSSR count). The van der Waals surface area contributed by atoms with Crippen molar-refractivity contribution in [3.05, 3.63) is 45.9 Å². The van der Waals surface area contributed by atoms with Crippen LogP contribution in [0.25, 0.3) is 11.1 Å². The van der Waals surface area contributed by atoms with Crippen molar-refractivity contribution in [2.45, 2.75) is 13.8 Å². The Morgan fingerprint density at radius 3 is 2.55 bits per heavy atom. The Hall–Kier alpha value is -1.43. The van der Waals surface area contributed by atoms with E-state index < -0.39 is 0 Å². The van der Waals surface area contributed by atoms with Crippen LogP contribution in [0.5, 0.6) is 0 Å². The summed E-state index contributed by atoms with van der Waals surface area (Å²) in [5.74, 6) is -0.317. The summed E-state index contributed by atoms with van der Waals surface area (Å²) in [4.78, 5) is 13.8. The van der Waals surface area contributed by atoms with E-state index in [0.717, 1.165) is 29.1 Å². The van der Waals surface area contributed by atoms with E-state index in [0.29, 0.717) is 11.4 Å². The van der Waals surface area contributed by atoms with Gasteiger partial charge in [-0.3, -0.25) is 4.79 Å². The molecule has 0 atom stereocenters. The zero-order valence-electron chi connectivity index (χ0n) is 12.6. The highest BCUT2D eigenvalue weighted by Crippen LogP contribution is 2.31. The molecule has 0 aliphatic rings. The van der Waals surface area contributed by atoms with Gasteiger partial charge >= 0.3 is 0 Å². The first kappa shape index (κ1) is 18.6. The molecule has 1 heterocycles. The highest BCUT2D eigenvalue weighted by atomic mass is 35.5. The largest absolute Gasteiger partial charge is 0.350 e. The zero-order chi connectivity index (χ0) is 15.2. The summed E-state index contributed by atoms with van der Waals surface area (Å²) < 4.78 is 13.0. The summed E-state index contributed by atoms with van der Waals surface area (Å²) >= 11 is 1.46. The smallest absolute Gasteiger partial charge is 0.261 e. The number of rotatable bonds is 6. The van der Waals surface area contributed by atoms with E-state index >= 15 is 0 Å². The standard InChI is InChI=1S/C16H19FN2OS.ClH/c1-3-18-8-9-19-16(20)15-10-14(11(2)21-15)12-4-6-13(17)7-5-12;/h4-7,10,18H,3,8-9H2,1-2H3,(H,19,20);1H. The van der Waals surface area contributed by atoms with Crippen molar-refractivity contribution >= 4 is 29.7 Å². The maximum Gasteiger partial charge on any atom is 0.261 e. The number of nitrogens with one attached hydrogen (secondary N) is 2. The van der Waals surface area contributed by atoms with Gasteiger partial charge < -0.3 is 10.6 Å². The molecule has 0 fully saturated rings. The fourth-order valence-electron chi connectivity index (χ4n) is 2.04. The van der Waals surface area contributed by atoms with Crippen LogP contribution in [0.2, 0.25) is 0 Å². The minimum absolute atomic E-state index is 0. The molecule has 1 aromatic carbocycles. The van der Waals surface area contributed by atoms with E-state index in [2.05, 4.69) is 10.6 Å². The van der Waals surface area contributed by atoms with Gasteiger partial charge in [0.25, 0.3) is 5.91 Å². The van der Waals surface area contributed by atoms with Gasteiger partial charge in [0, 0.05) is 18.0 Å². The van der Waals surface area contributed by atoms with Crippen LogP contribution in [0.3, 0.4) is 0 Å². The summed E-state index contributed by atoms with van der Waals surface area (Å²) in [6, 6.07) is 8.20. The molecule has 0 spiro atoms. The first-order valence-electron chi connectivity index (χ1n) is 6.97. The Kier molecular flexibility index (Phi) is 7.51. The molecule has 1 aromatic heterocycles. The van der Waals surface area contributed by atoms with Crippen LogP contribution >= 0.6 is 23.7 Å². The summed E-state index contributed by atoms with van der Waals surface area (Å²) in [7, 11) is 0. The fourth-order valence-corrected chi connectivity index (χ4v) is 3.00. The van der Waals surface area contributed by atoms with Gasteiger partial charge in [0.05, 0.1) is 4.88 Å². The average molecular weight is 343 g/mol. The van der Waals surface area contributed by atoms with Gasteiger partial charge in [-0.15, -0.1) is 23.7 Å². The van der Waals surface area contributed by atoms with Gasteiger partial charge in [-0.25, -0.2) is 4.39 Å². The molecule has 22 heavy (non-hydrogen) atoms. The van der Waals surface area contributed by atoms with E-state index in [4.69, 9.17) is 0 Å². The molecule has 120 valence electrons. The molecule has 6 heteroatoms. The van der Waals surface area contributed by atoms with Gasteiger partial charge in [-0.1, -0.05) is 19.1 Å². The molecule has 0 bridgehead atoms. The molecule has 3 nitrogen and oxygen atoms in total.